The average Bonchev–Trinajstić information content (AvgIpc) is 3.09. The normalized spacial score (nSPS) is 15.8. The fourth-order valence-electron chi connectivity index (χ4n) is 3.06. The van der Waals surface area contributed by atoms with Crippen LogP contribution in [-0.2, 0) is 0 Å². The Morgan fingerprint density at radius 1 is 1.09 bits per heavy atom. The zero-order valence-corrected chi connectivity index (χ0v) is 13.3. The van der Waals surface area contributed by atoms with Crippen molar-refractivity contribution in [3.63, 3.8) is 0 Å². The lowest BCUT2D eigenvalue weighted by atomic mass is 10.0. The summed E-state index contributed by atoms with van der Waals surface area (Å²) in [6, 6.07) is 12.5. The first kappa shape index (κ1) is 14.7. The van der Waals surface area contributed by atoms with Gasteiger partial charge in [0.1, 0.15) is 0 Å². The van der Waals surface area contributed by atoms with E-state index in [9.17, 15) is 4.79 Å². The van der Waals surface area contributed by atoms with Crippen LogP contribution >= 0.6 is 0 Å². The van der Waals surface area contributed by atoms with Crippen molar-refractivity contribution in [2.75, 3.05) is 32.1 Å². The van der Waals surface area contributed by atoms with E-state index in [2.05, 4.69) is 29.1 Å². The first-order valence-electron chi connectivity index (χ1n) is 7.84. The maximum Gasteiger partial charge on any atom is 0.253 e. The fraction of sp³-hybridized carbons (Fsp3) is 0.389. The van der Waals surface area contributed by atoms with Crippen LogP contribution in [0.25, 0.3) is 0 Å². The lowest BCUT2D eigenvalue weighted by Gasteiger charge is -2.33. The molecule has 1 aliphatic rings. The summed E-state index contributed by atoms with van der Waals surface area (Å²) in [6.07, 6.45) is 6.27. The molecule has 0 atom stereocenters. The van der Waals surface area contributed by atoms with E-state index in [4.69, 9.17) is 0 Å². The van der Waals surface area contributed by atoms with Crippen molar-refractivity contribution in [2.45, 2.75) is 18.9 Å². The van der Waals surface area contributed by atoms with Gasteiger partial charge in [0, 0.05) is 56.9 Å². The highest BCUT2D eigenvalue weighted by Crippen LogP contribution is 2.24. The van der Waals surface area contributed by atoms with Crippen LogP contribution in [0.5, 0.6) is 0 Å². The Bertz CT molecular complexity index is 626. The van der Waals surface area contributed by atoms with Gasteiger partial charge in [0.25, 0.3) is 5.91 Å². The van der Waals surface area contributed by atoms with Crippen LogP contribution < -0.4 is 4.90 Å². The van der Waals surface area contributed by atoms with E-state index < -0.39 is 0 Å². The molecule has 0 bridgehead atoms. The number of benzene rings is 1. The van der Waals surface area contributed by atoms with Gasteiger partial charge >= 0.3 is 0 Å². The molecule has 1 amide bonds. The molecule has 2 aromatic rings. The summed E-state index contributed by atoms with van der Waals surface area (Å²) in [5.74, 6) is 0.148. The van der Waals surface area contributed by atoms with Gasteiger partial charge in [-0.05, 0) is 43.2 Å². The molecule has 0 unspecified atom stereocenters. The number of carbonyl (C=O) groups is 1. The molecule has 22 heavy (non-hydrogen) atoms. The van der Waals surface area contributed by atoms with Gasteiger partial charge in [-0.25, -0.2) is 0 Å². The standard InChI is InChI=1S/C18H23N3O/c1-19(2)17-7-5-6-15(14-17)18(22)21-12-8-16(9-13-21)20-10-3-4-11-20/h3-7,10-11,14,16H,8-9,12-13H2,1-2H3. The minimum absolute atomic E-state index is 0.148. The van der Waals surface area contributed by atoms with Gasteiger partial charge in [-0.1, -0.05) is 6.07 Å². The second-order valence-corrected chi connectivity index (χ2v) is 6.10. The molecule has 1 aromatic heterocycles. The maximum absolute atomic E-state index is 12.7. The van der Waals surface area contributed by atoms with Crippen molar-refractivity contribution in [3.8, 4) is 0 Å². The number of hydrogen-bond acceptors (Lipinski definition) is 2. The highest BCUT2D eigenvalue weighted by Gasteiger charge is 2.24. The molecule has 0 N–H and O–H groups in total. The van der Waals surface area contributed by atoms with Gasteiger partial charge < -0.3 is 14.4 Å². The number of likely N-dealkylation sites (tertiary alicyclic amines) is 1. The molecule has 3 rings (SSSR count). The van der Waals surface area contributed by atoms with E-state index in [0.29, 0.717) is 6.04 Å². The molecule has 1 aromatic carbocycles. The van der Waals surface area contributed by atoms with Crippen LogP contribution in [0.1, 0.15) is 29.2 Å². The fourth-order valence-corrected chi connectivity index (χ4v) is 3.06. The highest BCUT2D eigenvalue weighted by atomic mass is 16.2. The Kier molecular flexibility index (Phi) is 4.18. The number of amides is 1. The van der Waals surface area contributed by atoms with E-state index in [1.165, 1.54) is 0 Å². The summed E-state index contributed by atoms with van der Waals surface area (Å²) in [5, 5.41) is 0. The Hall–Kier alpha value is -2.23. The molecule has 4 heteroatoms. The number of rotatable bonds is 3. The quantitative estimate of drug-likeness (QED) is 0.871. The van der Waals surface area contributed by atoms with Gasteiger partial charge in [0.05, 0.1) is 0 Å². The predicted octanol–water partition coefficient (Wildman–Crippen LogP) is 3.03. The van der Waals surface area contributed by atoms with E-state index in [1.807, 2.05) is 48.2 Å². The van der Waals surface area contributed by atoms with Crippen LogP contribution in [0.15, 0.2) is 48.8 Å². The van der Waals surface area contributed by atoms with Crippen LogP contribution in [0, 0.1) is 0 Å². The highest BCUT2D eigenvalue weighted by molar-refractivity contribution is 5.95. The Morgan fingerprint density at radius 2 is 1.77 bits per heavy atom. The second-order valence-electron chi connectivity index (χ2n) is 6.10. The van der Waals surface area contributed by atoms with Crippen molar-refractivity contribution >= 4 is 11.6 Å². The molecular weight excluding hydrogens is 274 g/mol. The SMILES string of the molecule is CN(C)c1cccc(C(=O)N2CCC(n3cccc3)CC2)c1. The molecule has 0 saturated carbocycles. The van der Waals surface area contributed by atoms with Gasteiger partial charge in [-0.15, -0.1) is 0 Å². The molecule has 1 fully saturated rings. The van der Waals surface area contributed by atoms with Crippen molar-refractivity contribution in [2.24, 2.45) is 0 Å². The van der Waals surface area contributed by atoms with Gasteiger partial charge in [-0.2, -0.15) is 0 Å². The van der Waals surface area contributed by atoms with Crippen molar-refractivity contribution in [1.29, 1.82) is 0 Å². The van der Waals surface area contributed by atoms with Crippen molar-refractivity contribution < 1.29 is 4.79 Å². The number of nitrogens with zero attached hydrogens (tertiary/aromatic N) is 3. The molecule has 0 aliphatic carbocycles. The minimum atomic E-state index is 0.148. The summed E-state index contributed by atoms with van der Waals surface area (Å²) in [6.45, 7) is 1.65. The Balaban J connectivity index is 1.66. The Labute approximate surface area is 132 Å². The van der Waals surface area contributed by atoms with Crippen molar-refractivity contribution in [1.82, 2.24) is 9.47 Å². The van der Waals surface area contributed by atoms with E-state index >= 15 is 0 Å². The average molecular weight is 297 g/mol. The monoisotopic (exact) mass is 297 g/mol. The number of piperidine rings is 1. The molecule has 0 radical (unpaired) electrons. The van der Waals surface area contributed by atoms with Crippen LogP contribution in [0.3, 0.4) is 0 Å². The molecule has 1 saturated heterocycles. The summed E-state index contributed by atoms with van der Waals surface area (Å²) >= 11 is 0. The summed E-state index contributed by atoms with van der Waals surface area (Å²) < 4.78 is 2.26. The third kappa shape index (κ3) is 3.01. The number of hydrogen-bond donors (Lipinski definition) is 0. The van der Waals surface area contributed by atoms with E-state index in [-0.39, 0.29) is 5.91 Å². The second kappa shape index (κ2) is 6.26. The third-order valence-electron chi connectivity index (χ3n) is 4.41. The van der Waals surface area contributed by atoms with Crippen LogP contribution in [-0.4, -0.2) is 42.6 Å². The molecule has 2 heterocycles. The van der Waals surface area contributed by atoms with Gasteiger partial charge in [0.2, 0.25) is 0 Å². The zero-order chi connectivity index (χ0) is 15.5. The molecular formula is C18H23N3O. The zero-order valence-electron chi connectivity index (χ0n) is 13.3. The number of anilines is 1. The predicted molar refractivity (Wildman–Crippen MR) is 89.4 cm³/mol. The topological polar surface area (TPSA) is 28.5 Å². The summed E-state index contributed by atoms with van der Waals surface area (Å²) in [4.78, 5) is 16.7. The minimum Gasteiger partial charge on any atom is -0.378 e. The largest absolute Gasteiger partial charge is 0.378 e. The first-order valence-corrected chi connectivity index (χ1v) is 7.84. The first-order chi connectivity index (χ1) is 10.6. The molecule has 0 spiro atoms. The molecule has 4 nitrogen and oxygen atoms in total. The summed E-state index contributed by atoms with van der Waals surface area (Å²) in [5.41, 5.74) is 1.85. The van der Waals surface area contributed by atoms with Gasteiger partial charge in [0.15, 0.2) is 0 Å². The lowest BCUT2D eigenvalue weighted by molar-refractivity contribution is 0.0695. The number of aromatic nitrogens is 1. The van der Waals surface area contributed by atoms with Crippen molar-refractivity contribution in [3.05, 3.63) is 54.4 Å². The van der Waals surface area contributed by atoms with Crippen LogP contribution in [0.2, 0.25) is 0 Å². The van der Waals surface area contributed by atoms with Crippen LogP contribution in [0.4, 0.5) is 5.69 Å². The Morgan fingerprint density at radius 3 is 2.41 bits per heavy atom. The molecule has 116 valence electrons. The maximum atomic E-state index is 12.7. The third-order valence-corrected chi connectivity index (χ3v) is 4.41. The number of carbonyl (C=O) groups excluding carboxylic acids is 1. The summed E-state index contributed by atoms with van der Waals surface area (Å²) in [7, 11) is 3.98. The molecule has 1 aliphatic heterocycles. The smallest absolute Gasteiger partial charge is 0.253 e. The van der Waals surface area contributed by atoms with E-state index in [0.717, 1.165) is 37.2 Å². The van der Waals surface area contributed by atoms with Gasteiger partial charge in [-0.3, -0.25) is 4.79 Å². The lowest BCUT2D eigenvalue weighted by Crippen LogP contribution is -2.38. The van der Waals surface area contributed by atoms with E-state index in [1.54, 1.807) is 0 Å².